The van der Waals surface area contributed by atoms with Crippen LogP contribution >= 0.6 is 0 Å². The Kier molecular flexibility index (Phi) is 8.23. The number of hydrogen-bond acceptors (Lipinski definition) is 5. The van der Waals surface area contributed by atoms with Crippen LogP contribution in [-0.4, -0.2) is 48.9 Å². The van der Waals surface area contributed by atoms with E-state index < -0.39 is 46.6 Å². The summed E-state index contributed by atoms with van der Waals surface area (Å²) in [5, 5.41) is 5.82. The number of hydrogen-bond donors (Lipinski definition) is 1. The molecule has 6 nitrogen and oxygen atoms in total. The zero-order valence-electron chi connectivity index (χ0n) is 14.8. The molecule has 23 heavy (non-hydrogen) atoms. The number of carbonyl (C=O) groups is 1. The molecule has 0 aromatic rings. The van der Waals surface area contributed by atoms with E-state index in [2.05, 4.69) is 0 Å². The van der Waals surface area contributed by atoms with Gasteiger partial charge in [0.1, 0.15) is 0 Å². The highest BCUT2D eigenvalue weighted by molar-refractivity contribution is 7.93. The van der Waals surface area contributed by atoms with E-state index in [-0.39, 0.29) is 25.2 Å². The Bertz CT molecular complexity index is 587. The molecule has 0 aliphatic heterocycles. The molecular formula is C15H30O6S2. The maximum atomic E-state index is 12.5. The van der Waals surface area contributed by atoms with E-state index in [0.717, 1.165) is 0 Å². The second-order valence-corrected chi connectivity index (χ2v) is 12.4. The molecule has 0 saturated heterocycles. The van der Waals surface area contributed by atoms with Crippen molar-refractivity contribution in [2.45, 2.75) is 81.8 Å². The van der Waals surface area contributed by atoms with E-state index >= 15 is 0 Å². The van der Waals surface area contributed by atoms with Gasteiger partial charge in [0.25, 0.3) is 0 Å². The van der Waals surface area contributed by atoms with Gasteiger partial charge in [-0.25, -0.2) is 16.8 Å². The van der Waals surface area contributed by atoms with Crippen LogP contribution in [0.3, 0.4) is 0 Å². The van der Waals surface area contributed by atoms with Crippen molar-refractivity contribution in [2.24, 2.45) is 5.92 Å². The van der Waals surface area contributed by atoms with Crippen molar-refractivity contribution in [3.8, 4) is 0 Å². The summed E-state index contributed by atoms with van der Waals surface area (Å²) in [5.74, 6) is -1.32. The molecule has 1 N–H and O–H groups in total. The lowest BCUT2D eigenvalue weighted by atomic mass is 10.0. The van der Waals surface area contributed by atoms with Gasteiger partial charge in [-0.15, -0.1) is 0 Å². The SMILES string of the molecule is CC(C)C(CC(CCC(=O)O)S(=O)(=O)C(C)C)S(=O)(=O)C(C)C. The number of aliphatic carboxylic acids is 1. The normalized spacial score (nSPS) is 16.0. The minimum atomic E-state index is -3.58. The molecule has 0 saturated carbocycles. The zero-order chi connectivity index (χ0) is 18.6. The quantitative estimate of drug-likeness (QED) is 0.632. The molecule has 0 radical (unpaired) electrons. The van der Waals surface area contributed by atoms with Gasteiger partial charge < -0.3 is 5.11 Å². The summed E-state index contributed by atoms with van der Waals surface area (Å²) in [5.41, 5.74) is 0. The molecule has 0 heterocycles. The molecule has 2 atom stereocenters. The van der Waals surface area contributed by atoms with Crippen LogP contribution < -0.4 is 0 Å². The Morgan fingerprint density at radius 2 is 1.30 bits per heavy atom. The Hall–Kier alpha value is -0.630. The maximum Gasteiger partial charge on any atom is 0.303 e. The third-order valence-corrected chi connectivity index (χ3v) is 9.69. The van der Waals surface area contributed by atoms with Crippen LogP contribution in [0.1, 0.15) is 60.8 Å². The van der Waals surface area contributed by atoms with Gasteiger partial charge in [-0.3, -0.25) is 4.79 Å². The summed E-state index contributed by atoms with van der Waals surface area (Å²) in [7, 11) is -7.05. The summed E-state index contributed by atoms with van der Waals surface area (Å²) in [6.07, 6.45) is -0.401. The molecule has 138 valence electrons. The highest BCUT2D eigenvalue weighted by Gasteiger charge is 2.38. The first-order valence-electron chi connectivity index (χ1n) is 7.91. The topological polar surface area (TPSA) is 106 Å². The molecule has 0 aliphatic carbocycles. The van der Waals surface area contributed by atoms with Gasteiger partial charge in [0.2, 0.25) is 0 Å². The van der Waals surface area contributed by atoms with Crippen LogP contribution in [0.15, 0.2) is 0 Å². The van der Waals surface area contributed by atoms with E-state index in [1.165, 1.54) is 13.8 Å². The number of carboxylic acids is 1. The monoisotopic (exact) mass is 370 g/mol. The first-order valence-corrected chi connectivity index (χ1v) is 11.1. The lowest BCUT2D eigenvalue weighted by Gasteiger charge is -2.28. The van der Waals surface area contributed by atoms with Crippen molar-refractivity contribution >= 4 is 25.6 Å². The predicted molar refractivity (Wildman–Crippen MR) is 92.0 cm³/mol. The molecular weight excluding hydrogens is 340 g/mol. The van der Waals surface area contributed by atoms with Crippen LogP contribution in [0.5, 0.6) is 0 Å². The first kappa shape index (κ1) is 22.4. The average molecular weight is 371 g/mol. The Morgan fingerprint density at radius 3 is 1.61 bits per heavy atom. The minimum Gasteiger partial charge on any atom is -0.481 e. The molecule has 0 spiro atoms. The van der Waals surface area contributed by atoms with E-state index in [1.54, 1.807) is 27.7 Å². The summed E-state index contributed by atoms with van der Waals surface area (Å²) >= 11 is 0. The van der Waals surface area contributed by atoms with Gasteiger partial charge in [-0.05, 0) is 46.5 Å². The van der Waals surface area contributed by atoms with Crippen molar-refractivity contribution in [3.05, 3.63) is 0 Å². The van der Waals surface area contributed by atoms with Crippen LogP contribution in [0.25, 0.3) is 0 Å². The summed E-state index contributed by atoms with van der Waals surface area (Å²) in [6, 6.07) is 0. The summed E-state index contributed by atoms with van der Waals surface area (Å²) in [6.45, 7) is 9.72. The smallest absolute Gasteiger partial charge is 0.303 e. The van der Waals surface area contributed by atoms with Gasteiger partial charge >= 0.3 is 5.97 Å². The van der Waals surface area contributed by atoms with Crippen LogP contribution in [0, 0.1) is 5.92 Å². The second kappa shape index (κ2) is 8.46. The molecule has 0 aromatic heterocycles. The van der Waals surface area contributed by atoms with Gasteiger partial charge in [-0.2, -0.15) is 0 Å². The fourth-order valence-electron chi connectivity index (χ4n) is 2.48. The van der Waals surface area contributed by atoms with Crippen molar-refractivity contribution in [3.63, 3.8) is 0 Å². The van der Waals surface area contributed by atoms with Crippen LogP contribution in [-0.2, 0) is 24.5 Å². The average Bonchev–Trinajstić information content (AvgIpc) is 2.36. The Morgan fingerprint density at radius 1 is 0.870 bits per heavy atom. The van der Waals surface area contributed by atoms with Crippen molar-refractivity contribution < 1.29 is 26.7 Å². The molecule has 0 bridgehead atoms. The highest BCUT2D eigenvalue weighted by atomic mass is 32.2. The van der Waals surface area contributed by atoms with Crippen LogP contribution in [0.4, 0.5) is 0 Å². The van der Waals surface area contributed by atoms with Gasteiger partial charge in [0.05, 0.1) is 21.0 Å². The standard InChI is InChI=1S/C15H30O6S2/c1-10(2)14(23(20,21)12(5)6)9-13(7-8-15(16)17)22(18,19)11(3)4/h10-14H,7-9H2,1-6H3,(H,16,17). The zero-order valence-corrected chi connectivity index (χ0v) is 16.4. The van der Waals surface area contributed by atoms with Crippen molar-refractivity contribution in [1.82, 2.24) is 0 Å². The van der Waals surface area contributed by atoms with Gasteiger partial charge in [-0.1, -0.05) is 13.8 Å². The number of sulfone groups is 2. The largest absolute Gasteiger partial charge is 0.481 e. The minimum absolute atomic E-state index is 0.0496. The molecule has 8 heteroatoms. The molecule has 0 aromatic carbocycles. The maximum absolute atomic E-state index is 12.5. The third-order valence-electron chi connectivity index (χ3n) is 4.12. The lowest BCUT2D eigenvalue weighted by Crippen LogP contribution is -2.39. The Labute approximate surface area is 140 Å². The summed E-state index contributed by atoms with van der Waals surface area (Å²) in [4.78, 5) is 10.8. The highest BCUT2D eigenvalue weighted by Crippen LogP contribution is 2.28. The predicted octanol–water partition coefficient (Wildman–Crippen LogP) is 2.28. The van der Waals surface area contributed by atoms with Gasteiger partial charge in [0, 0.05) is 6.42 Å². The van der Waals surface area contributed by atoms with E-state index in [0.29, 0.717) is 0 Å². The van der Waals surface area contributed by atoms with E-state index in [4.69, 9.17) is 5.11 Å². The van der Waals surface area contributed by atoms with Gasteiger partial charge in [0.15, 0.2) is 19.7 Å². The number of carboxylic acid groups (broad SMARTS) is 1. The van der Waals surface area contributed by atoms with E-state index in [9.17, 15) is 21.6 Å². The molecule has 0 aliphatic rings. The Balaban J connectivity index is 5.69. The third kappa shape index (κ3) is 6.06. The molecule has 0 rings (SSSR count). The fraction of sp³-hybridized carbons (Fsp3) is 0.933. The van der Waals surface area contributed by atoms with Crippen LogP contribution in [0.2, 0.25) is 0 Å². The van der Waals surface area contributed by atoms with Crippen molar-refractivity contribution in [2.75, 3.05) is 0 Å². The molecule has 0 amide bonds. The van der Waals surface area contributed by atoms with Crippen molar-refractivity contribution in [1.29, 1.82) is 0 Å². The first-order chi connectivity index (χ1) is 10.2. The molecule has 0 fully saturated rings. The lowest BCUT2D eigenvalue weighted by molar-refractivity contribution is -0.137. The summed E-state index contributed by atoms with van der Waals surface area (Å²) < 4.78 is 50.1. The second-order valence-electron chi connectivity index (χ2n) is 6.85. The van der Waals surface area contributed by atoms with E-state index in [1.807, 2.05) is 0 Å². The fourth-order valence-corrected chi connectivity index (χ4v) is 6.25. The number of rotatable bonds is 10. The molecule has 2 unspecified atom stereocenters.